The molecule has 0 aliphatic heterocycles. The van der Waals surface area contributed by atoms with Crippen LogP contribution in [0.4, 0.5) is 5.13 Å². The van der Waals surface area contributed by atoms with Gasteiger partial charge in [-0.2, -0.15) is 4.37 Å². The van der Waals surface area contributed by atoms with Gasteiger partial charge in [-0.1, -0.05) is 29.8 Å². The van der Waals surface area contributed by atoms with E-state index in [0.29, 0.717) is 17.3 Å². The van der Waals surface area contributed by atoms with Crippen LogP contribution >= 0.6 is 11.5 Å². The summed E-state index contributed by atoms with van der Waals surface area (Å²) in [7, 11) is -2.05. The molecular formula is C20H24N4O3S2. The molecule has 1 heterocycles. The van der Waals surface area contributed by atoms with Crippen LogP contribution in [0, 0.1) is 6.92 Å². The minimum atomic E-state index is -3.59. The third-order valence-corrected chi connectivity index (χ3v) is 6.39. The van der Waals surface area contributed by atoms with Crippen molar-refractivity contribution in [1.29, 1.82) is 0 Å². The highest BCUT2D eigenvalue weighted by Gasteiger charge is 2.16. The molecule has 9 heteroatoms. The lowest BCUT2D eigenvalue weighted by molar-refractivity contribution is 0.414. The fraction of sp³-hybridized carbons (Fsp3) is 0.300. The zero-order valence-corrected chi connectivity index (χ0v) is 18.2. The highest BCUT2D eigenvalue weighted by atomic mass is 32.2. The molecule has 3 rings (SSSR count). The average Bonchev–Trinajstić information content (AvgIpc) is 3.15. The number of rotatable bonds is 9. The van der Waals surface area contributed by atoms with Gasteiger partial charge in [0, 0.05) is 30.5 Å². The number of aromatic nitrogens is 2. The molecule has 0 aliphatic rings. The molecule has 0 saturated heterocycles. The summed E-state index contributed by atoms with van der Waals surface area (Å²) in [5.74, 6) is 1.35. The molecule has 1 atom stereocenters. The predicted molar refractivity (Wildman–Crippen MR) is 115 cm³/mol. The maximum absolute atomic E-state index is 12.4. The highest BCUT2D eigenvalue weighted by Crippen LogP contribution is 2.17. The van der Waals surface area contributed by atoms with Gasteiger partial charge in [0.25, 0.3) is 0 Å². The first-order valence-corrected chi connectivity index (χ1v) is 11.4. The summed E-state index contributed by atoms with van der Waals surface area (Å²) < 4.78 is 36.9. The summed E-state index contributed by atoms with van der Waals surface area (Å²) >= 11 is 1.27. The molecule has 0 bridgehead atoms. The number of nitrogens with zero attached hydrogens (tertiary/aromatic N) is 2. The molecule has 29 heavy (non-hydrogen) atoms. The van der Waals surface area contributed by atoms with Gasteiger partial charge in [-0.3, -0.25) is 0 Å². The van der Waals surface area contributed by atoms with Crippen LogP contribution in [0.15, 0.2) is 53.4 Å². The molecule has 2 aromatic carbocycles. The normalized spacial score (nSPS) is 12.5. The zero-order valence-electron chi connectivity index (χ0n) is 16.5. The standard InChI is InChI=1S/C20H24N4O3S2/c1-14-4-6-16(7-5-14)12-19-23-20(28-24-19)22-15(2)13-21-29(25,26)18-10-8-17(27-3)9-11-18/h4-11,15,21H,12-13H2,1-3H3,(H,22,23,24). The van der Waals surface area contributed by atoms with E-state index in [-0.39, 0.29) is 17.5 Å². The Bertz CT molecular complexity index is 1030. The van der Waals surface area contributed by atoms with Crippen molar-refractivity contribution >= 4 is 26.7 Å². The lowest BCUT2D eigenvalue weighted by Gasteiger charge is -2.14. The zero-order chi connectivity index (χ0) is 20.9. The van der Waals surface area contributed by atoms with Gasteiger partial charge >= 0.3 is 0 Å². The maximum Gasteiger partial charge on any atom is 0.240 e. The Morgan fingerprint density at radius 3 is 2.45 bits per heavy atom. The molecule has 0 amide bonds. The SMILES string of the molecule is COc1ccc(S(=O)(=O)NCC(C)Nc2nc(Cc3ccc(C)cc3)ns2)cc1. The van der Waals surface area contributed by atoms with E-state index < -0.39 is 10.0 Å². The van der Waals surface area contributed by atoms with E-state index in [4.69, 9.17) is 4.74 Å². The Hall–Kier alpha value is -2.49. The van der Waals surface area contributed by atoms with Gasteiger partial charge in [0.05, 0.1) is 12.0 Å². The second-order valence-corrected chi connectivity index (χ2v) is 9.27. The molecule has 0 aliphatic carbocycles. The minimum absolute atomic E-state index is 0.150. The van der Waals surface area contributed by atoms with Crippen molar-refractivity contribution in [3.63, 3.8) is 0 Å². The minimum Gasteiger partial charge on any atom is -0.497 e. The van der Waals surface area contributed by atoms with Crippen molar-refractivity contribution in [3.8, 4) is 5.75 Å². The van der Waals surface area contributed by atoms with Gasteiger partial charge in [-0.15, -0.1) is 0 Å². The van der Waals surface area contributed by atoms with Crippen molar-refractivity contribution in [2.75, 3.05) is 19.0 Å². The van der Waals surface area contributed by atoms with E-state index >= 15 is 0 Å². The largest absolute Gasteiger partial charge is 0.497 e. The van der Waals surface area contributed by atoms with E-state index in [2.05, 4.69) is 50.6 Å². The summed E-state index contributed by atoms with van der Waals surface area (Å²) in [6.45, 7) is 4.16. The van der Waals surface area contributed by atoms with Crippen molar-refractivity contribution < 1.29 is 13.2 Å². The van der Waals surface area contributed by atoms with Crippen LogP contribution < -0.4 is 14.8 Å². The number of anilines is 1. The van der Waals surface area contributed by atoms with Crippen LogP contribution in [-0.4, -0.2) is 37.5 Å². The third-order valence-electron chi connectivity index (χ3n) is 4.27. The molecule has 7 nitrogen and oxygen atoms in total. The second kappa shape index (κ2) is 9.34. The van der Waals surface area contributed by atoms with Crippen LogP contribution in [0.3, 0.4) is 0 Å². The second-order valence-electron chi connectivity index (χ2n) is 6.75. The Morgan fingerprint density at radius 2 is 1.79 bits per heavy atom. The van der Waals surface area contributed by atoms with Crippen molar-refractivity contribution in [2.24, 2.45) is 0 Å². The average molecular weight is 433 g/mol. The molecule has 0 fully saturated rings. The first-order chi connectivity index (χ1) is 13.9. The molecule has 2 N–H and O–H groups in total. The van der Waals surface area contributed by atoms with Gasteiger partial charge in [-0.05, 0) is 43.7 Å². The van der Waals surface area contributed by atoms with E-state index in [1.54, 1.807) is 12.1 Å². The molecule has 154 valence electrons. The van der Waals surface area contributed by atoms with E-state index in [1.165, 1.54) is 36.3 Å². The summed E-state index contributed by atoms with van der Waals surface area (Å²) in [6, 6.07) is 14.4. The Morgan fingerprint density at radius 1 is 1.10 bits per heavy atom. The van der Waals surface area contributed by atoms with Crippen molar-refractivity contribution in [3.05, 3.63) is 65.5 Å². The van der Waals surface area contributed by atoms with Crippen molar-refractivity contribution in [1.82, 2.24) is 14.1 Å². The fourth-order valence-electron chi connectivity index (χ4n) is 2.61. The highest BCUT2D eigenvalue weighted by molar-refractivity contribution is 7.89. The monoisotopic (exact) mass is 432 g/mol. The summed E-state index contributed by atoms with van der Waals surface area (Å²) in [5.41, 5.74) is 2.37. The Balaban J connectivity index is 1.53. The van der Waals surface area contributed by atoms with E-state index in [1.807, 2.05) is 6.92 Å². The first kappa shape index (κ1) is 21.2. The van der Waals surface area contributed by atoms with Crippen LogP contribution in [0.1, 0.15) is 23.9 Å². The summed E-state index contributed by atoms with van der Waals surface area (Å²) in [5, 5.41) is 3.87. The number of sulfonamides is 1. The molecule has 3 aromatic rings. The van der Waals surface area contributed by atoms with Gasteiger partial charge < -0.3 is 10.1 Å². The maximum atomic E-state index is 12.4. The smallest absolute Gasteiger partial charge is 0.240 e. The van der Waals surface area contributed by atoms with Crippen LogP contribution in [0.2, 0.25) is 0 Å². The number of benzene rings is 2. The van der Waals surface area contributed by atoms with Crippen molar-refractivity contribution in [2.45, 2.75) is 31.2 Å². The number of nitrogens with one attached hydrogen (secondary N) is 2. The predicted octanol–water partition coefficient (Wildman–Crippen LogP) is 3.22. The number of ether oxygens (including phenoxy) is 1. The third kappa shape index (κ3) is 5.99. The number of methoxy groups -OCH3 is 1. The number of hydrogen-bond acceptors (Lipinski definition) is 7. The first-order valence-electron chi connectivity index (χ1n) is 9.14. The van der Waals surface area contributed by atoms with Crippen LogP contribution in [0.25, 0.3) is 0 Å². The molecule has 1 unspecified atom stereocenters. The van der Waals surface area contributed by atoms with E-state index in [0.717, 1.165) is 11.4 Å². The Labute approximate surface area is 175 Å². The topological polar surface area (TPSA) is 93.2 Å². The number of hydrogen-bond donors (Lipinski definition) is 2. The van der Waals surface area contributed by atoms with Gasteiger partial charge in [-0.25, -0.2) is 18.1 Å². The summed E-state index contributed by atoms with van der Waals surface area (Å²) in [6.07, 6.45) is 0.664. The van der Waals surface area contributed by atoms with Crippen LogP contribution in [0.5, 0.6) is 5.75 Å². The van der Waals surface area contributed by atoms with Gasteiger partial charge in [0.1, 0.15) is 11.6 Å². The molecule has 0 spiro atoms. The van der Waals surface area contributed by atoms with Gasteiger partial charge in [0.2, 0.25) is 15.2 Å². The Kier molecular flexibility index (Phi) is 6.83. The summed E-state index contributed by atoms with van der Waals surface area (Å²) in [4.78, 5) is 4.69. The lowest BCUT2D eigenvalue weighted by atomic mass is 10.1. The lowest BCUT2D eigenvalue weighted by Crippen LogP contribution is -2.34. The van der Waals surface area contributed by atoms with Crippen LogP contribution in [-0.2, 0) is 16.4 Å². The quantitative estimate of drug-likeness (QED) is 0.539. The molecule has 0 radical (unpaired) electrons. The van der Waals surface area contributed by atoms with Gasteiger partial charge in [0.15, 0.2) is 0 Å². The fourth-order valence-corrected chi connectivity index (χ4v) is 4.44. The molecular weight excluding hydrogens is 408 g/mol. The number of aryl methyl sites for hydroxylation is 1. The van der Waals surface area contributed by atoms with E-state index in [9.17, 15) is 8.42 Å². The molecule has 0 saturated carbocycles. The molecule has 1 aromatic heterocycles.